The van der Waals surface area contributed by atoms with Crippen LogP contribution >= 0.6 is 0 Å². The molecule has 2 rings (SSSR count). The highest BCUT2D eigenvalue weighted by atomic mass is 32.2. The molecule has 0 saturated carbocycles. The highest BCUT2D eigenvalue weighted by Gasteiger charge is 2.24. The fraction of sp³-hybridized carbons (Fsp3) is 0.412. The van der Waals surface area contributed by atoms with Crippen LogP contribution in [0, 0.1) is 0 Å². The van der Waals surface area contributed by atoms with Gasteiger partial charge in [0.25, 0.3) is 0 Å². The first kappa shape index (κ1) is 16.8. The Balaban J connectivity index is 2.62. The summed E-state index contributed by atoms with van der Waals surface area (Å²) in [5.41, 5.74) is 0. The van der Waals surface area contributed by atoms with E-state index in [0.717, 1.165) is 17.6 Å². The lowest BCUT2D eigenvalue weighted by molar-refractivity contribution is 0.321. The Morgan fingerprint density at radius 3 is 2.18 bits per heavy atom. The second kappa shape index (κ2) is 7.11. The summed E-state index contributed by atoms with van der Waals surface area (Å²) in [5.74, 6) is 0.732. The first-order valence-corrected chi connectivity index (χ1v) is 9.14. The van der Waals surface area contributed by atoms with E-state index in [1.807, 2.05) is 45.0 Å². The van der Waals surface area contributed by atoms with Crippen molar-refractivity contribution in [1.29, 1.82) is 0 Å². The molecule has 2 aromatic carbocycles. The second-order valence-corrected chi connectivity index (χ2v) is 6.95. The van der Waals surface area contributed by atoms with Gasteiger partial charge in [0.1, 0.15) is 5.75 Å². The van der Waals surface area contributed by atoms with Crippen LogP contribution in [0.3, 0.4) is 0 Å². The molecule has 0 aliphatic rings. The summed E-state index contributed by atoms with van der Waals surface area (Å²) in [5, 5.41) is 1.55. The van der Waals surface area contributed by atoms with Crippen LogP contribution in [0.5, 0.6) is 5.75 Å². The Morgan fingerprint density at radius 1 is 0.955 bits per heavy atom. The van der Waals surface area contributed by atoms with E-state index in [1.54, 1.807) is 12.1 Å². The molecule has 0 fully saturated rings. The van der Waals surface area contributed by atoms with E-state index in [2.05, 4.69) is 0 Å². The summed E-state index contributed by atoms with van der Waals surface area (Å²) >= 11 is 0. The number of hydrogen-bond donors (Lipinski definition) is 0. The van der Waals surface area contributed by atoms with Crippen LogP contribution in [0.4, 0.5) is 0 Å². The molecular weight excluding hydrogens is 298 g/mol. The third-order valence-corrected chi connectivity index (χ3v) is 5.74. The molecule has 0 spiro atoms. The van der Waals surface area contributed by atoms with Crippen molar-refractivity contribution in [2.45, 2.75) is 32.1 Å². The number of fused-ring (bicyclic) bond motifs is 1. The number of ether oxygens (including phenoxy) is 1. The van der Waals surface area contributed by atoms with Crippen molar-refractivity contribution in [3.8, 4) is 5.75 Å². The maximum Gasteiger partial charge on any atom is 0.243 e. The van der Waals surface area contributed by atoms with Crippen molar-refractivity contribution in [3.05, 3.63) is 36.4 Å². The van der Waals surface area contributed by atoms with Gasteiger partial charge in [-0.25, -0.2) is 8.42 Å². The molecule has 0 amide bonds. The SMILES string of the molecule is CCCOc1ccc(S(=O)(=O)N(CC)CC)c2ccccc12. The lowest BCUT2D eigenvalue weighted by Crippen LogP contribution is -2.30. The topological polar surface area (TPSA) is 46.6 Å². The Morgan fingerprint density at radius 2 is 1.59 bits per heavy atom. The quantitative estimate of drug-likeness (QED) is 0.782. The highest BCUT2D eigenvalue weighted by molar-refractivity contribution is 7.89. The number of nitrogens with zero attached hydrogens (tertiary/aromatic N) is 1. The first-order valence-electron chi connectivity index (χ1n) is 7.70. The van der Waals surface area contributed by atoms with Gasteiger partial charge in [0.05, 0.1) is 11.5 Å². The Hall–Kier alpha value is -1.59. The molecule has 2 aromatic rings. The molecule has 0 aromatic heterocycles. The minimum Gasteiger partial charge on any atom is -0.493 e. The molecule has 0 atom stereocenters. The van der Waals surface area contributed by atoms with Crippen LogP contribution in [-0.2, 0) is 10.0 Å². The van der Waals surface area contributed by atoms with E-state index in [1.165, 1.54) is 4.31 Å². The largest absolute Gasteiger partial charge is 0.493 e. The number of benzene rings is 2. The molecule has 0 heterocycles. The predicted molar refractivity (Wildman–Crippen MR) is 89.8 cm³/mol. The Labute approximate surface area is 132 Å². The molecule has 4 nitrogen and oxygen atoms in total. The van der Waals surface area contributed by atoms with Crippen molar-refractivity contribution >= 4 is 20.8 Å². The average Bonchev–Trinajstić information content (AvgIpc) is 2.53. The molecule has 120 valence electrons. The standard InChI is InChI=1S/C17H23NO3S/c1-4-13-21-16-11-12-17(15-10-8-7-9-14(15)16)22(19,20)18(5-2)6-3/h7-12H,4-6,13H2,1-3H3. The van der Waals surface area contributed by atoms with E-state index < -0.39 is 10.0 Å². The minimum atomic E-state index is -3.49. The van der Waals surface area contributed by atoms with Gasteiger partial charge in [-0.3, -0.25) is 0 Å². The van der Waals surface area contributed by atoms with Gasteiger partial charge in [0.2, 0.25) is 10.0 Å². The van der Waals surface area contributed by atoms with Gasteiger partial charge < -0.3 is 4.74 Å². The molecule has 0 unspecified atom stereocenters. The van der Waals surface area contributed by atoms with Crippen molar-refractivity contribution < 1.29 is 13.2 Å². The van der Waals surface area contributed by atoms with E-state index in [0.29, 0.717) is 30.0 Å². The zero-order valence-electron chi connectivity index (χ0n) is 13.4. The van der Waals surface area contributed by atoms with Gasteiger partial charge in [-0.2, -0.15) is 4.31 Å². The number of rotatable bonds is 7. The van der Waals surface area contributed by atoms with Crippen LogP contribution in [0.15, 0.2) is 41.3 Å². The molecule has 0 saturated heterocycles. The van der Waals surface area contributed by atoms with Crippen molar-refractivity contribution in [1.82, 2.24) is 4.31 Å². The molecule has 0 aliphatic carbocycles. The monoisotopic (exact) mass is 321 g/mol. The highest BCUT2D eigenvalue weighted by Crippen LogP contribution is 2.32. The summed E-state index contributed by atoms with van der Waals surface area (Å²) < 4.78 is 32.9. The van der Waals surface area contributed by atoms with Gasteiger partial charge in [0.15, 0.2) is 0 Å². The summed E-state index contributed by atoms with van der Waals surface area (Å²) in [6.07, 6.45) is 0.911. The lowest BCUT2D eigenvalue weighted by Gasteiger charge is -2.20. The van der Waals surface area contributed by atoms with Gasteiger partial charge in [0, 0.05) is 23.9 Å². The molecule has 0 aliphatic heterocycles. The van der Waals surface area contributed by atoms with Crippen LogP contribution in [-0.4, -0.2) is 32.4 Å². The molecule has 0 bridgehead atoms. The maximum absolute atomic E-state index is 12.8. The second-order valence-electron chi connectivity index (χ2n) is 5.05. The molecular formula is C17H23NO3S. The van der Waals surface area contributed by atoms with E-state index in [4.69, 9.17) is 4.74 Å². The van der Waals surface area contributed by atoms with Crippen molar-refractivity contribution in [2.24, 2.45) is 0 Å². The predicted octanol–water partition coefficient (Wildman–Crippen LogP) is 3.66. The molecule has 5 heteroatoms. The number of hydrogen-bond acceptors (Lipinski definition) is 3. The average molecular weight is 321 g/mol. The lowest BCUT2D eigenvalue weighted by atomic mass is 10.1. The third kappa shape index (κ3) is 3.10. The van der Waals surface area contributed by atoms with Crippen molar-refractivity contribution in [2.75, 3.05) is 19.7 Å². The normalized spacial score (nSPS) is 12.0. The van der Waals surface area contributed by atoms with Crippen LogP contribution in [0.1, 0.15) is 27.2 Å². The minimum absolute atomic E-state index is 0.343. The fourth-order valence-electron chi connectivity index (χ4n) is 2.51. The summed E-state index contributed by atoms with van der Waals surface area (Å²) in [4.78, 5) is 0.343. The smallest absolute Gasteiger partial charge is 0.243 e. The Kier molecular flexibility index (Phi) is 5.42. The van der Waals surface area contributed by atoms with E-state index in [9.17, 15) is 8.42 Å². The molecule has 0 radical (unpaired) electrons. The zero-order valence-corrected chi connectivity index (χ0v) is 14.2. The van der Waals surface area contributed by atoms with Crippen LogP contribution in [0.25, 0.3) is 10.8 Å². The van der Waals surface area contributed by atoms with Gasteiger partial charge in [-0.15, -0.1) is 0 Å². The van der Waals surface area contributed by atoms with Gasteiger partial charge in [-0.1, -0.05) is 45.0 Å². The van der Waals surface area contributed by atoms with E-state index in [-0.39, 0.29) is 0 Å². The number of sulfonamides is 1. The van der Waals surface area contributed by atoms with E-state index >= 15 is 0 Å². The molecule has 0 N–H and O–H groups in total. The zero-order chi connectivity index (χ0) is 16.2. The first-order chi connectivity index (χ1) is 10.6. The van der Waals surface area contributed by atoms with Gasteiger partial charge >= 0.3 is 0 Å². The van der Waals surface area contributed by atoms with Crippen LogP contribution in [0.2, 0.25) is 0 Å². The summed E-state index contributed by atoms with van der Waals surface area (Å²) in [6.45, 7) is 7.28. The maximum atomic E-state index is 12.8. The fourth-order valence-corrected chi connectivity index (χ4v) is 4.16. The Bertz CT molecular complexity index is 737. The third-order valence-electron chi connectivity index (χ3n) is 3.63. The molecule has 22 heavy (non-hydrogen) atoms. The van der Waals surface area contributed by atoms with Crippen LogP contribution < -0.4 is 4.74 Å². The summed E-state index contributed by atoms with van der Waals surface area (Å²) in [6, 6.07) is 10.9. The van der Waals surface area contributed by atoms with Crippen molar-refractivity contribution in [3.63, 3.8) is 0 Å². The van der Waals surface area contributed by atoms with Gasteiger partial charge in [-0.05, 0) is 18.6 Å². The summed E-state index contributed by atoms with van der Waals surface area (Å²) in [7, 11) is -3.49.